The molecule has 1 aliphatic rings. The molecule has 45 heavy (non-hydrogen) atoms. The van der Waals surface area contributed by atoms with Gasteiger partial charge < -0.3 is 24.4 Å². The summed E-state index contributed by atoms with van der Waals surface area (Å²) in [6, 6.07) is 10.2. The fourth-order valence-electron chi connectivity index (χ4n) is 4.59. The zero-order valence-electron chi connectivity index (χ0n) is 24.4. The third-order valence-electron chi connectivity index (χ3n) is 6.55. The number of esters is 1. The largest absolute Gasteiger partial charge is 0.462 e. The molecular formula is C27H32N4O13S. The first-order valence-corrected chi connectivity index (χ1v) is 15.4. The zero-order valence-corrected chi connectivity index (χ0v) is 25.2. The minimum Gasteiger partial charge on any atom is -0.462 e. The average molecular weight is 653 g/mol. The number of hydrogen-bond acceptors (Lipinski definition) is 13. The van der Waals surface area contributed by atoms with Gasteiger partial charge >= 0.3 is 18.2 Å². The van der Waals surface area contributed by atoms with Crippen molar-refractivity contribution in [2.24, 2.45) is 0 Å². The van der Waals surface area contributed by atoms with Gasteiger partial charge in [-0.15, -0.1) is 0 Å². The molecule has 0 spiro atoms. The maximum Gasteiger partial charge on any atom is 0.410 e. The van der Waals surface area contributed by atoms with Gasteiger partial charge in [-0.2, -0.15) is 8.42 Å². The Balaban J connectivity index is 1.58. The molecule has 0 saturated carbocycles. The highest BCUT2D eigenvalue weighted by atomic mass is 32.2. The molecule has 1 N–H and O–H groups in total. The van der Waals surface area contributed by atoms with Crippen molar-refractivity contribution >= 4 is 39.6 Å². The Morgan fingerprint density at radius 2 is 1.49 bits per heavy atom. The molecule has 244 valence electrons. The number of rotatable bonds is 14. The Labute approximate surface area is 257 Å². The van der Waals surface area contributed by atoms with E-state index in [0.717, 1.165) is 6.26 Å². The maximum absolute atomic E-state index is 13.0. The van der Waals surface area contributed by atoms with Crippen LogP contribution in [-0.2, 0) is 46.5 Å². The number of carbonyl (C=O) groups excluding carboxylic acids is 3. The van der Waals surface area contributed by atoms with Crippen molar-refractivity contribution in [3.8, 4) is 0 Å². The van der Waals surface area contributed by atoms with Gasteiger partial charge in [-0.05, 0) is 41.8 Å². The summed E-state index contributed by atoms with van der Waals surface area (Å²) < 4.78 is 44.5. The quantitative estimate of drug-likeness (QED) is 0.102. The lowest BCUT2D eigenvalue weighted by Gasteiger charge is -2.27. The van der Waals surface area contributed by atoms with Gasteiger partial charge in [0, 0.05) is 56.6 Å². The normalized spacial score (nSPS) is 16.8. The van der Waals surface area contributed by atoms with Gasteiger partial charge in [-0.1, -0.05) is 0 Å². The van der Waals surface area contributed by atoms with Crippen LogP contribution in [0.1, 0.15) is 37.3 Å². The maximum atomic E-state index is 13.0. The molecule has 1 heterocycles. The molecule has 0 bridgehead atoms. The van der Waals surface area contributed by atoms with E-state index in [2.05, 4.69) is 5.32 Å². The van der Waals surface area contributed by atoms with Gasteiger partial charge in [0.15, 0.2) is 0 Å². The Bertz CT molecular complexity index is 1480. The van der Waals surface area contributed by atoms with E-state index < -0.39 is 56.4 Å². The summed E-state index contributed by atoms with van der Waals surface area (Å²) in [7, 11) is -3.86. The molecule has 2 amide bonds. The third kappa shape index (κ3) is 11.6. The Kier molecular flexibility index (Phi) is 12.1. The van der Waals surface area contributed by atoms with Crippen molar-refractivity contribution in [3.05, 3.63) is 79.9 Å². The van der Waals surface area contributed by atoms with Crippen LogP contribution in [0.25, 0.3) is 0 Å². The Hall–Kier alpha value is -4.84. The van der Waals surface area contributed by atoms with Crippen LogP contribution in [0, 0.1) is 20.2 Å². The van der Waals surface area contributed by atoms with Crippen molar-refractivity contribution in [2.45, 2.75) is 57.6 Å². The van der Waals surface area contributed by atoms with Crippen LogP contribution < -0.4 is 5.32 Å². The molecule has 0 unspecified atom stereocenters. The second-order valence-corrected chi connectivity index (χ2v) is 11.7. The first-order chi connectivity index (χ1) is 21.2. The number of likely N-dealkylation sites (tertiary alicyclic amines) is 1. The topological polar surface area (TPSA) is 224 Å². The Morgan fingerprint density at radius 1 is 0.956 bits per heavy atom. The van der Waals surface area contributed by atoms with Gasteiger partial charge in [0.2, 0.25) is 0 Å². The van der Waals surface area contributed by atoms with E-state index in [9.17, 15) is 43.0 Å². The van der Waals surface area contributed by atoms with Crippen molar-refractivity contribution in [1.82, 2.24) is 10.2 Å². The van der Waals surface area contributed by atoms with Crippen molar-refractivity contribution in [3.63, 3.8) is 0 Å². The van der Waals surface area contributed by atoms with E-state index in [0.29, 0.717) is 11.1 Å². The van der Waals surface area contributed by atoms with Crippen LogP contribution in [0.4, 0.5) is 21.0 Å². The van der Waals surface area contributed by atoms with Crippen LogP contribution in [0.2, 0.25) is 0 Å². The number of amides is 2. The van der Waals surface area contributed by atoms with Gasteiger partial charge in [0.05, 0.1) is 28.8 Å². The standard InChI is InChI=1S/C27H32N4O13S/c1-18(32)43-24(11-12-28-26(33)41-16-19-3-7-21(8-4-19)30(35)36)13-23-14-25(44-45(2,39)40)15-29(23)27(34)42-17-20-5-9-22(10-6-20)31(37)38/h3-10,23-25H,11-17H2,1-2H3,(H,28,33)/t23-,24+,25-/m1/s1. The van der Waals surface area contributed by atoms with Gasteiger partial charge in [-0.3, -0.25) is 29.2 Å². The predicted octanol–water partition coefficient (Wildman–Crippen LogP) is 3.20. The van der Waals surface area contributed by atoms with E-state index in [-0.39, 0.29) is 56.9 Å². The lowest BCUT2D eigenvalue weighted by molar-refractivity contribution is -0.385. The number of ether oxygens (including phenoxy) is 3. The smallest absolute Gasteiger partial charge is 0.410 e. The van der Waals surface area contributed by atoms with Crippen LogP contribution in [0.3, 0.4) is 0 Å². The van der Waals surface area contributed by atoms with Crippen molar-refractivity contribution in [2.75, 3.05) is 19.3 Å². The molecule has 3 atom stereocenters. The highest BCUT2D eigenvalue weighted by Crippen LogP contribution is 2.28. The lowest BCUT2D eigenvalue weighted by Crippen LogP contribution is -2.39. The number of nitro groups is 2. The number of nitro benzene ring substituents is 2. The van der Waals surface area contributed by atoms with E-state index in [1.807, 2.05) is 0 Å². The number of benzene rings is 2. The van der Waals surface area contributed by atoms with Crippen LogP contribution in [0.5, 0.6) is 0 Å². The number of hydrogen-bond donors (Lipinski definition) is 1. The van der Waals surface area contributed by atoms with Crippen LogP contribution >= 0.6 is 0 Å². The fourth-order valence-corrected chi connectivity index (χ4v) is 5.23. The Morgan fingerprint density at radius 3 is 1.98 bits per heavy atom. The molecule has 18 heteroatoms. The molecule has 2 aromatic carbocycles. The fraction of sp³-hybridized carbons (Fsp3) is 0.444. The molecular weight excluding hydrogens is 620 g/mol. The van der Waals surface area contributed by atoms with E-state index in [1.54, 1.807) is 0 Å². The third-order valence-corrected chi connectivity index (χ3v) is 7.17. The van der Waals surface area contributed by atoms with E-state index >= 15 is 0 Å². The van der Waals surface area contributed by atoms with E-state index in [1.165, 1.54) is 60.4 Å². The number of carbonyl (C=O) groups is 3. The average Bonchev–Trinajstić information content (AvgIpc) is 3.35. The highest BCUT2D eigenvalue weighted by Gasteiger charge is 2.40. The van der Waals surface area contributed by atoms with Crippen molar-refractivity contribution in [1.29, 1.82) is 0 Å². The molecule has 0 aromatic heterocycles. The SMILES string of the molecule is CC(=O)O[C@@H](CCNC(=O)OCc1ccc([N+](=O)[O-])cc1)C[C@@H]1C[C@@H](OS(C)(=O)=O)CN1C(=O)OCc1ccc([N+](=O)[O-])cc1. The van der Waals surface area contributed by atoms with Crippen LogP contribution in [-0.4, -0.2) is 78.9 Å². The zero-order chi connectivity index (χ0) is 33.1. The van der Waals surface area contributed by atoms with Gasteiger partial charge in [0.1, 0.15) is 19.3 Å². The van der Waals surface area contributed by atoms with E-state index in [4.69, 9.17) is 18.4 Å². The summed E-state index contributed by atoms with van der Waals surface area (Å²) in [4.78, 5) is 58.8. The summed E-state index contributed by atoms with van der Waals surface area (Å²) in [6.45, 7) is 0.725. The molecule has 1 fully saturated rings. The number of nitrogens with zero attached hydrogens (tertiary/aromatic N) is 3. The summed E-state index contributed by atoms with van der Waals surface area (Å²) >= 11 is 0. The number of non-ortho nitro benzene ring substituents is 2. The van der Waals surface area contributed by atoms with Crippen LogP contribution in [0.15, 0.2) is 48.5 Å². The molecule has 2 aromatic rings. The summed E-state index contributed by atoms with van der Waals surface area (Å²) in [5.41, 5.74) is 0.779. The molecule has 0 radical (unpaired) electrons. The number of alkyl carbamates (subject to hydrolysis) is 1. The summed E-state index contributed by atoms with van der Waals surface area (Å²) in [6.07, 6.45) is -2.12. The minimum absolute atomic E-state index is 0.0115. The summed E-state index contributed by atoms with van der Waals surface area (Å²) in [5.74, 6) is -0.616. The molecule has 1 aliphatic heterocycles. The number of nitrogens with one attached hydrogen (secondary N) is 1. The first-order valence-electron chi connectivity index (χ1n) is 13.6. The molecule has 3 rings (SSSR count). The summed E-state index contributed by atoms with van der Waals surface area (Å²) in [5, 5.41) is 24.2. The van der Waals surface area contributed by atoms with Crippen molar-refractivity contribution < 1.29 is 51.0 Å². The molecule has 1 saturated heterocycles. The predicted molar refractivity (Wildman–Crippen MR) is 154 cm³/mol. The monoisotopic (exact) mass is 652 g/mol. The molecule has 17 nitrogen and oxygen atoms in total. The second kappa shape index (κ2) is 15.8. The lowest BCUT2D eigenvalue weighted by atomic mass is 10.0. The molecule has 0 aliphatic carbocycles. The van der Waals surface area contributed by atoms with Gasteiger partial charge in [-0.25, -0.2) is 9.59 Å². The second-order valence-electron chi connectivity index (χ2n) is 10.1. The highest BCUT2D eigenvalue weighted by molar-refractivity contribution is 7.86. The van der Waals surface area contributed by atoms with Gasteiger partial charge in [0.25, 0.3) is 21.5 Å². The first kappa shape index (κ1) is 34.6. The minimum atomic E-state index is -3.86.